The van der Waals surface area contributed by atoms with Crippen molar-refractivity contribution in [3.8, 4) is 0 Å². The van der Waals surface area contributed by atoms with Gasteiger partial charge in [-0.2, -0.15) is 0 Å². The van der Waals surface area contributed by atoms with E-state index < -0.39 is 23.6 Å². The van der Waals surface area contributed by atoms with E-state index in [1.807, 2.05) is 36.4 Å². The molecule has 0 fully saturated rings. The second kappa shape index (κ2) is 16.2. The van der Waals surface area contributed by atoms with Crippen molar-refractivity contribution < 1.29 is 32.6 Å². The number of esters is 2. The van der Waals surface area contributed by atoms with Crippen molar-refractivity contribution in [2.24, 2.45) is 0 Å². The number of rotatable bonds is 9. The summed E-state index contributed by atoms with van der Waals surface area (Å²) in [4.78, 5) is 41.2. The van der Waals surface area contributed by atoms with Gasteiger partial charge in [-0.05, 0) is 60.7 Å². The molecule has 0 aliphatic rings. The van der Waals surface area contributed by atoms with E-state index >= 15 is 0 Å². The lowest BCUT2D eigenvalue weighted by Crippen LogP contribution is -2.30. The fourth-order valence-corrected chi connectivity index (χ4v) is 4.32. The second-order valence-electron chi connectivity index (χ2n) is 9.78. The minimum absolute atomic E-state index is 0.0124. The van der Waals surface area contributed by atoms with Crippen molar-refractivity contribution in [1.29, 1.82) is 0 Å². The third-order valence-electron chi connectivity index (χ3n) is 6.77. The zero-order chi connectivity index (χ0) is 32.9. The summed E-state index contributed by atoms with van der Waals surface area (Å²) in [6.45, 7) is 0.371. The van der Waals surface area contributed by atoms with Gasteiger partial charge in [0.25, 0.3) is 5.91 Å². The maximum atomic E-state index is 14.5. The Morgan fingerprint density at radius 2 is 1.20 bits per heavy atom. The van der Waals surface area contributed by atoms with E-state index in [9.17, 15) is 23.2 Å². The Morgan fingerprint density at radius 3 is 1.72 bits per heavy atom. The third-order valence-corrected chi connectivity index (χ3v) is 6.77. The second-order valence-corrected chi connectivity index (χ2v) is 9.78. The highest BCUT2D eigenvalue weighted by Gasteiger charge is 2.20. The molecule has 1 amide bonds. The molecule has 0 radical (unpaired) electrons. The number of pyridine rings is 1. The van der Waals surface area contributed by atoms with Gasteiger partial charge in [-0.15, -0.1) is 0 Å². The van der Waals surface area contributed by atoms with Crippen molar-refractivity contribution >= 4 is 29.2 Å². The Kier molecular flexibility index (Phi) is 11.7. The average Bonchev–Trinajstić information content (AvgIpc) is 3.11. The Hall–Kier alpha value is -5.90. The minimum atomic E-state index is -0.617. The lowest BCUT2D eigenvalue weighted by molar-refractivity contribution is 0.0591. The molecule has 0 aliphatic heterocycles. The van der Waals surface area contributed by atoms with Gasteiger partial charge in [0, 0.05) is 47.0 Å². The molecule has 1 N–H and O–H groups in total. The summed E-state index contributed by atoms with van der Waals surface area (Å²) in [5, 5.41) is 3.11. The number of nitrogens with one attached hydrogen (secondary N) is 1. The molecule has 4 aromatic carbocycles. The number of nitrogens with zero attached hydrogens (tertiary/aromatic N) is 2. The van der Waals surface area contributed by atoms with Gasteiger partial charge in [-0.1, -0.05) is 48.5 Å². The van der Waals surface area contributed by atoms with Crippen LogP contribution in [0.5, 0.6) is 0 Å². The number of aromatic nitrogens is 1. The van der Waals surface area contributed by atoms with Crippen LogP contribution in [0.25, 0.3) is 0 Å². The fraction of sp³-hybridized carbons (Fsp3) is 0.111. The van der Waals surface area contributed by atoms with Crippen LogP contribution in [-0.4, -0.2) is 37.0 Å². The number of carbonyl (C=O) groups is 3. The Balaban J connectivity index is 0.000000222. The molecule has 0 saturated carbocycles. The summed E-state index contributed by atoms with van der Waals surface area (Å²) in [7, 11) is 2.50. The highest BCUT2D eigenvalue weighted by atomic mass is 19.1. The SMILES string of the molecule is COC(=O)c1ccc(CN(C(=O)c2ccncc2)c2ccccc2)c(F)c1.COC(=O)c1ccc(CNc2ccccc2)c(F)c1. The van der Waals surface area contributed by atoms with Crippen LogP contribution in [-0.2, 0) is 22.6 Å². The summed E-state index contributed by atoms with van der Waals surface area (Å²) in [5.41, 5.74) is 3.11. The third kappa shape index (κ3) is 8.82. The number of methoxy groups -OCH3 is 2. The number of hydrogen-bond acceptors (Lipinski definition) is 7. The molecule has 0 aliphatic carbocycles. The van der Waals surface area contributed by atoms with E-state index in [-0.39, 0.29) is 29.1 Å². The summed E-state index contributed by atoms with van der Waals surface area (Å²) in [5.74, 6) is -2.44. The molecule has 5 aromatic rings. The smallest absolute Gasteiger partial charge is 0.337 e. The van der Waals surface area contributed by atoms with Gasteiger partial charge >= 0.3 is 11.9 Å². The summed E-state index contributed by atoms with van der Waals surface area (Å²) >= 11 is 0. The maximum Gasteiger partial charge on any atom is 0.337 e. The first-order valence-corrected chi connectivity index (χ1v) is 14.1. The monoisotopic (exact) mass is 623 g/mol. The normalized spacial score (nSPS) is 10.2. The number of ether oxygens (including phenoxy) is 2. The highest BCUT2D eigenvalue weighted by molar-refractivity contribution is 6.06. The first-order chi connectivity index (χ1) is 22.3. The number of carbonyl (C=O) groups excluding carboxylic acids is 3. The number of para-hydroxylation sites is 2. The molecule has 10 heteroatoms. The quantitative estimate of drug-likeness (QED) is 0.175. The maximum absolute atomic E-state index is 14.5. The van der Waals surface area contributed by atoms with Crippen LogP contribution in [0.15, 0.2) is 122 Å². The topological polar surface area (TPSA) is 97.8 Å². The van der Waals surface area contributed by atoms with E-state index in [4.69, 9.17) is 0 Å². The van der Waals surface area contributed by atoms with E-state index in [0.717, 1.165) is 11.8 Å². The molecular formula is C36H31F2N3O5. The molecule has 0 atom stereocenters. The van der Waals surface area contributed by atoms with Gasteiger partial charge in [0.1, 0.15) is 11.6 Å². The molecular weight excluding hydrogens is 592 g/mol. The van der Waals surface area contributed by atoms with E-state index in [1.54, 1.807) is 48.5 Å². The van der Waals surface area contributed by atoms with Crippen LogP contribution in [0.1, 0.15) is 42.2 Å². The zero-order valence-corrected chi connectivity index (χ0v) is 25.2. The first kappa shape index (κ1) is 33.0. The van der Waals surface area contributed by atoms with Gasteiger partial charge in [0.05, 0.1) is 31.9 Å². The summed E-state index contributed by atoms with van der Waals surface area (Å²) < 4.78 is 37.5. The van der Waals surface area contributed by atoms with Gasteiger partial charge in [-0.25, -0.2) is 18.4 Å². The lowest BCUT2D eigenvalue weighted by Gasteiger charge is -2.23. The molecule has 234 valence electrons. The van der Waals surface area contributed by atoms with Gasteiger partial charge < -0.3 is 19.7 Å². The van der Waals surface area contributed by atoms with Crippen LogP contribution in [0.3, 0.4) is 0 Å². The van der Waals surface area contributed by atoms with Gasteiger partial charge in [-0.3, -0.25) is 9.78 Å². The van der Waals surface area contributed by atoms with Gasteiger partial charge in [0.15, 0.2) is 0 Å². The Morgan fingerprint density at radius 1 is 0.674 bits per heavy atom. The van der Waals surface area contributed by atoms with E-state index in [2.05, 4.69) is 19.8 Å². The predicted molar refractivity (Wildman–Crippen MR) is 170 cm³/mol. The van der Waals surface area contributed by atoms with Crippen molar-refractivity contribution in [3.05, 3.63) is 161 Å². The van der Waals surface area contributed by atoms with Gasteiger partial charge in [0.2, 0.25) is 0 Å². The Labute approximate surface area is 265 Å². The molecule has 0 saturated heterocycles. The predicted octanol–water partition coefficient (Wildman–Crippen LogP) is 7.08. The molecule has 1 heterocycles. The molecule has 0 spiro atoms. The lowest BCUT2D eigenvalue weighted by atomic mass is 10.1. The van der Waals surface area contributed by atoms with Crippen LogP contribution in [0.2, 0.25) is 0 Å². The summed E-state index contributed by atoms with van der Waals surface area (Å²) in [6, 6.07) is 30.1. The molecule has 1 aromatic heterocycles. The van der Waals surface area contributed by atoms with Crippen molar-refractivity contribution in [2.45, 2.75) is 13.1 Å². The van der Waals surface area contributed by atoms with E-state index in [1.165, 1.54) is 49.7 Å². The zero-order valence-electron chi connectivity index (χ0n) is 25.2. The largest absolute Gasteiger partial charge is 0.465 e. The van der Waals surface area contributed by atoms with E-state index in [0.29, 0.717) is 23.4 Å². The fourth-order valence-electron chi connectivity index (χ4n) is 4.32. The Bertz CT molecular complexity index is 1770. The number of amides is 1. The number of anilines is 2. The first-order valence-electron chi connectivity index (χ1n) is 14.1. The van der Waals surface area contributed by atoms with Crippen LogP contribution in [0, 0.1) is 11.6 Å². The molecule has 46 heavy (non-hydrogen) atoms. The number of benzene rings is 4. The van der Waals surface area contributed by atoms with Crippen molar-refractivity contribution in [2.75, 3.05) is 24.4 Å². The van der Waals surface area contributed by atoms with Crippen molar-refractivity contribution in [1.82, 2.24) is 4.98 Å². The molecule has 5 rings (SSSR count). The molecule has 0 unspecified atom stereocenters. The molecule has 0 bridgehead atoms. The highest BCUT2D eigenvalue weighted by Crippen LogP contribution is 2.22. The van der Waals surface area contributed by atoms with Crippen LogP contribution < -0.4 is 10.2 Å². The number of halogens is 2. The average molecular weight is 624 g/mol. The standard InChI is InChI=1S/C21H17FN2O3.C15H14FNO2/c1-27-21(26)16-7-8-17(19(22)13-16)14-24(18-5-3-2-4-6-18)20(25)15-9-11-23-12-10-15;1-19-15(18)11-7-8-12(14(16)9-11)10-17-13-5-3-2-4-6-13/h2-13H,14H2,1H3;2-9,17H,10H2,1H3. The van der Waals surface area contributed by atoms with Crippen LogP contribution >= 0.6 is 0 Å². The minimum Gasteiger partial charge on any atom is -0.465 e. The summed E-state index contributed by atoms with van der Waals surface area (Å²) in [6.07, 6.45) is 3.06. The van der Waals surface area contributed by atoms with Crippen LogP contribution in [0.4, 0.5) is 20.2 Å². The molecule has 8 nitrogen and oxygen atoms in total. The van der Waals surface area contributed by atoms with Crippen molar-refractivity contribution in [3.63, 3.8) is 0 Å². The number of hydrogen-bond donors (Lipinski definition) is 1.